The number of nitrogens with zero attached hydrogens (tertiary/aromatic N) is 1. The molecule has 0 fully saturated rings. The van der Waals surface area contributed by atoms with Gasteiger partial charge < -0.3 is 11.1 Å². The quantitative estimate of drug-likeness (QED) is 0.835. The summed E-state index contributed by atoms with van der Waals surface area (Å²) in [5, 5.41) is 11.2. The van der Waals surface area contributed by atoms with Gasteiger partial charge in [-0.25, -0.2) is 4.39 Å². The number of anilines is 1. The van der Waals surface area contributed by atoms with E-state index < -0.39 is 17.8 Å². The number of carbonyl (C=O) groups excluding carboxylic acids is 1. The normalized spacial score (nSPS) is 12.0. The van der Waals surface area contributed by atoms with Crippen molar-refractivity contribution in [1.82, 2.24) is 0 Å². The molecule has 17 heavy (non-hydrogen) atoms. The van der Waals surface area contributed by atoms with Gasteiger partial charge in [-0.05, 0) is 18.1 Å². The Morgan fingerprint density at radius 1 is 1.53 bits per heavy atom. The monoisotopic (exact) mass is 235 g/mol. The van der Waals surface area contributed by atoms with Crippen molar-refractivity contribution in [2.75, 3.05) is 5.32 Å². The van der Waals surface area contributed by atoms with Crippen molar-refractivity contribution in [2.24, 2.45) is 11.7 Å². The molecule has 0 radical (unpaired) electrons. The zero-order chi connectivity index (χ0) is 13.0. The molecule has 0 aromatic heterocycles. The Bertz CT molecular complexity index is 465. The van der Waals surface area contributed by atoms with Gasteiger partial charge in [-0.1, -0.05) is 19.9 Å². The van der Waals surface area contributed by atoms with Crippen LogP contribution in [0.4, 0.5) is 10.1 Å². The Morgan fingerprint density at radius 2 is 2.18 bits per heavy atom. The van der Waals surface area contributed by atoms with Crippen molar-refractivity contribution in [3.63, 3.8) is 0 Å². The molecule has 1 atom stereocenters. The first-order valence-electron chi connectivity index (χ1n) is 5.22. The Kier molecular flexibility index (Phi) is 4.18. The van der Waals surface area contributed by atoms with Gasteiger partial charge in [-0.2, -0.15) is 5.26 Å². The third-order valence-electron chi connectivity index (χ3n) is 2.40. The van der Waals surface area contributed by atoms with Crippen LogP contribution in [-0.4, -0.2) is 11.9 Å². The third kappa shape index (κ3) is 3.02. The lowest BCUT2D eigenvalue weighted by atomic mass is 10.0. The van der Waals surface area contributed by atoms with Gasteiger partial charge in [0, 0.05) is 0 Å². The van der Waals surface area contributed by atoms with Crippen LogP contribution in [0.3, 0.4) is 0 Å². The molecule has 0 saturated carbocycles. The first kappa shape index (κ1) is 13.1. The number of rotatable bonds is 3. The third-order valence-corrected chi connectivity index (χ3v) is 2.40. The van der Waals surface area contributed by atoms with E-state index in [0.717, 1.165) is 6.07 Å². The highest BCUT2D eigenvalue weighted by molar-refractivity contribution is 5.95. The molecule has 0 heterocycles. The molecule has 3 N–H and O–H groups in total. The van der Waals surface area contributed by atoms with E-state index in [1.165, 1.54) is 12.1 Å². The Hall–Kier alpha value is -1.93. The topological polar surface area (TPSA) is 78.9 Å². The van der Waals surface area contributed by atoms with Gasteiger partial charge in [0.2, 0.25) is 5.91 Å². The Morgan fingerprint density at radius 3 is 2.71 bits per heavy atom. The van der Waals surface area contributed by atoms with E-state index in [0.29, 0.717) is 0 Å². The van der Waals surface area contributed by atoms with Crippen molar-refractivity contribution < 1.29 is 9.18 Å². The minimum Gasteiger partial charge on any atom is -0.323 e. The second-order valence-electron chi connectivity index (χ2n) is 4.03. The van der Waals surface area contributed by atoms with Crippen LogP contribution in [0.15, 0.2) is 18.2 Å². The summed E-state index contributed by atoms with van der Waals surface area (Å²) in [6.07, 6.45) is 0. The van der Waals surface area contributed by atoms with E-state index in [-0.39, 0.29) is 17.2 Å². The highest BCUT2D eigenvalue weighted by Gasteiger charge is 2.19. The molecule has 1 rings (SSSR count). The summed E-state index contributed by atoms with van der Waals surface area (Å²) < 4.78 is 13.3. The van der Waals surface area contributed by atoms with Gasteiger partial charge in [0.05, 0.1) is 11.7 Å². The predicted octanol–water partition coefficient (Wildman–Crippen LogP) is 1.62. The number of hydrogen-bond acceptors (Lipinski definition) is 3. The number of nitriles is 1. The largest absolute Gasteiger partial charge is 0.323 e. The molecule has 0 aliphatic carbocycles. The van der Waals surface area contributed by atoms with Crippen LogP contribution in [0.2, 0.25) is 0 Å². The average molecular weight is 235 g/mol. The van der Waals surface area contributed by atoms with Crippen LogP contribution < -0.4 is 11.1 Å². The van der Waals surface area contributed by atoms with E-state index in [1.807, 2.05) is 0 Å². The Balaban J connectivity index is 2.94. The smallest absolute Gasteiger partial charge is 0.241 e. The van der Waals surface area contributed by atoms with Crippen molar-refractivity contribution in [1.29, 1.82) is 5.26 Å². The fourth-order valence-corrected chi connectivity index (χ4v) is 1.26. The summed E-state index contributed by atoms with van der Waals surface area (Å²) in [6, 6.07) is 5.07. The predicted molar refractivity (Wildman–Crippen MR) is 62.6 cm³/mol. The van der Waals surface area contributed by atoms with E-state index in [9.17, 15) is 9.18 Å². The van der Waals surface area contributed by atoms with Gasteiger partial charge in [-0.15, -0.1) is 0 Å². The molecule has 4 nitrogen and oxygen atoms in total. The number of carbonyl (C=O) groups is 1. The lowest BCUT2D eigenvalue weighted by Gasteiger charge is -2.15. The summed E-state index contributed by atoms with van der Waals surface area (Å²) in [7, 11) is 0. The number of halogens is 1. The molecule has 5 heteroatoms. The fraction of sp³-hybridized carbons (Fsp3) is 0.333. The highest BCUT2D eigenvalue weighted by Crippen LogP contribution is 2.18. The zero-order valence-corrected chi connectivity index (χ0v) is 9.70. The van der Waals surface area contributed by atoms with Crippen LogP contribution in [-0.2, 0) is 4.79 Å². The molecule has 1 aromatic rings. The Labute approximate surface area is 99.2 Å². The van der Waals surface area contributed by atoms with Crippen LogP contribution in [0.25, 0.3) is 0 Å². The molecule has 0 aliphatic rings. The van der Waals surface area contributed by atoms with Crippen molar-refractivity contribution >= 4 is 11.6 Å². The van der Waals surface area contributed by atoms with E-state index in [1.54, 1.807) is 19.9 Å². The molecule has 0 saturated heterocycles. The van der Waals surface area contributed by atoms with Crippen LogP contribution in [0, 0.1) is 23.1 Å². The number of nitrogens with one attached hydrogen (secondary N) is 1. The molecule has 1 aromatic carbocycles. The van der Waals surface area contributed by atoms with Crippen LogP contribution in [0.5, 0.6) is 0 Å². The number of nitrogens with two attached hydrogens (primary N) is 1. The minimum atomic E-state index is -0.690. The minimum absolute atomic E-state index is 0.0332. The fourth-order valence-electron chi connectivity index (χ4n) is 1.26. The summed E-state index contributed by atoms with van der Waals surface area (Å²) in [4.78, 5) is 11.7. The van der Waals surface area contributed by atoms with Crippen LogP contribution >= 0.6 is 0 Å². The second kappa shape index (κ2) is 5.41. The number of amides is 1. The van der Waals surface area contributed by atoms with Crippen molar-refractivity contribution in [3.05, 3.63) is 29.6 Å². The molecule has 0 spiro atoms. The second-order valence-corrected chi connectivity index (χ2v) is 4.03. The standard InChI is InChI=1S/C12H14FN3O/c1-7(2)11(15)12(17)16-10-5-3-4-9(13)8(10)6-14/h3-5,7,11H,15H2,1-2H3,(H,16,17). The molecular weight excluding hydrogens is 221 g/mol. The average Bonchev–Trinajstić information content (AvgIpc) is 2.28. The first-order chi connectivity index (χ1) is 7.97. The maximum Gasteiger partial charge on any atom is 0.241 e. The summed E-state index contributed by atoms with van der Waals surface area (Å²) >= 11 is 0. The SMILES string of the molecule is CC(C)C(N)C(=O)Nc1cccc(F)c1C#N. The summed E-state index contributed by atoms with van der Waals surface area (Å²) in [6.45, 7) is 3.61. The first-order valence-corrected chi connectivity index (χ1v) is 5.22. The molecule has 1 amide bonds. The van der Waals surface area contributed by atoms with E-state index >= 15 is 0 Å². The van der Waals surface area contributed by atoms with Gasteiger partial charge in [0.1, 0.15) is 17.4 Å². The molecular formula is C12H14FN3O. The van der Waals surface area contributed by atoms with Gasteiger partial charge in [-0.3, -0.25) is 4.79 Å². The molecule has 0 bridgehead atoms. The maximum absolute atomic E-state index is 13.3. The van der Waals surface area contributed by atoms with Gasteiger partial charge in [0.25, 0.3) is 0 Å². The van der Waals surface area contributed by atoms with E-state index in [2.05, 4.69) is 5.32 Å². The van der Waals surface area contributed by atoms with Crippen molar-refractivity contribution in [3.8, 4) is 6.07 Å². The van der Waals surface area contributed by atoms with Gasteiger partial charge in [0.15, 0.2) is 0 Å². The lowest BCUT2D eigenvalue weighted by Crippen LogP contribution is -2.39. The summed E-state index contributed by atoms with van der Waals surface area (Å²) in [5.41, 5.74) is 5.61. The van der Waals surface area contributed by atoms with Crippen LogP contribution in [0.1, 0.15) is 19.4 Å². The lowest BCUT2D eigenvalue weighted by molar-refractivity contribution is -0.118. The van der Waals surface area contributed by atoms with Crippen molar-refractivity contribution in [2.45, 2.75) is 19.9 Å². The zero-order valence-electron chi connectivity index (χ0n) is 9.70. The maximum atomic E-state index is 13.3. The summed E-state index contributed by atoms with van der Waals surface area (Å²) in [5.74, 6) is -1.13. The molecule has 0 aliphatic heterocycles. The van der Waals surface area contributed by atoms with Gasteiger partial charge >= 0.3 is 0 Å². The molecule has 90 valence electrons. The number of hydrogen-bond donors (Lipinski definition) is 2. The molecule has 1 unspecified atom stereocenters. The number of benzene rings is 1. The highest BCUT2D eigenvalue weighted by atomic mass is 19.1. The van der Waals surface area contributed by atoms with E-state index in [4.69, 9.17) is 11.0 Å².